The van der Waals surface area contributed by atoms with Gasteiger partial charge in [-0.3, -0.25) is 0 Å². The fourth-order valence-corrected chi connectivity index (χ4v) is 3.79. The van der Waals surface area contributed by atoms with Crippen LogP contribution < -0.4 is 0 Å². The molecule has 0 heterocycles. The molecule has 0 spiro atoms. The summed E-state index contributed by atoms with van der Waals surface area (Å²) in [5.41, 5.74) is 0. The largest absolute Gasteiger partial charge is 0.248 e. The van der Waals surface area contributed by atoms with Crippen LogP contribution in [0.15, 0.2) is 0 Å². The Labute approximate surface area is 88.9 Å². The van der Waals surface area contributed by atoms with E-state index in [2.05, 4.69) is 27.7 Å². The Morgan fingerprint density at radius 3 is 2.08 bits per heavy atom. The Morgan fingerprint density at radius 1 is 1.08 bits per heavy atom. The first-order chi connectivity index (χ1) is 6.02. The van der Waals surface area contributed by atoms with Gasteiger partial charge in [0.2, 0.25) is 0 Å². The molecule has 0 aromatic rings. The molecule has 0 saturated heterocycles. The van der Waals surface area contributed by atoms with Crippen LogP contribution in [0.5, 0.6) is 0 Å². The van der Waals surface area contributed by atoms with E-state index in [1.54, 1.807) is 10.8 Å². The smallest absolute Gasteiger partial charge is 0.0803 e. The van der Waals surface area contributed by atoms with Gasteiger partial charge in [-0.25, -0.2) is 4.21 Å². The fraction of sp³-hybridized carbons (Fsp3) is 1.00. The molecule has 80 valence electrons. The van der Waals surface area contributed by atoms with Gasteiger partial charge in [0, 0.05) is 11.5 Å². The van der Waals surface area contributed by atoms with Crippen LogP contribution in [0, 0.1) is 11.8 Å². The van der Waals surface area contributed by atoms with Gasteiger partial charge < -0.3 is 0 Å². The molecule has 0 aromatic heterocycles. The van der Waals surface area contributed by atoms with E-state index in [1.807, 2.05) is 0 Å². The van der Waals surface area contributed by atoms with Crippen molar-refractivity contribution in [1.82, 2.24) is 0 Å². The second-order valence-electron chi connectivity index (χ2n) is 4.19. The first-order valence-electron chi connectivity index (χ1n) is 5.04. The fourth-order valence-electron chi connectivity index (χ4n) is 0.768. The van der Waals surface area contributed by atoms with Crippen molar-refractivity contribution < 1.29 is 4.21 Å². The molecule has 13 heavy (non-hydrogen) atoms. The van der Waals surface area contributed by atoms with Gasteiger partial charge in [0.15, 0.2) is 0 Å². The third kappa shape index (κ3) is 10.4. The summed E-state index contributed by atoms with van der Waals surface area (Å²) in [5.74, 6) is 3.31. The van der Waals surface area contributed by atoms with Crippen molar-refractivity contribution in [3.63, 3.8) is 0 Å². The van der Waals surface area contributed by atoms with Crippen molar-refractivity contribution in [3.05, 3.63) is 0 Å². The molecule has 0 saturated carbocycles. The summed E-state index contributed by atoms with van der Waals surface area (Å²) in [5, 5.41) is 0. The first-order valence-corrected chi connectivity index (χ1v) is 7.86. The Morgan fingerprint density at radius 2 is 1.62 bits per heavy atom. The van der Waals surface area contributed by atoms with Gasteiger partial charge in [0.05, 0.1) is 9.83 Å². The van der Waals surface area contributed by atoms with Crippen molar-refractivity contribution in [2.45, 2.75) is 40.5 Å². The average Bonchev–Trinajstić information content (AvgIpc) is 2.00. The third-order valence-electron chi connectivity index (χ3n) is 1.77. The lowest BCUT2D eigenvalue weighted by molar-refractivity contribution is 0.622. The van der Waals surface area contributed by atoms with Crippen molar-refractivity contribution in [3.8, 4) is 0 Å². The normalized spacial score (nSPS) is 14.0. The summed E-state index contributed by atoms with van der Waals surface area (Å²) in [4.78, 5) is 0. The molecule has 0 aliphatic rings. The van der Waals surface area contributed by atoms with E-state index < -0.39 is 9.83 Å². The van der Waals surface area contributed by atoms with Gasteiger partial charge >= 0.3 is 0 Å². The number of hydrogen-bond acceptors (Lipinski definition) is 2. The van der Waals surface area contributed by atoms with E-state index in [0.29, 0.717) is 5.92 Å². The van der Waals surface area contributed by atoms with E-state index in [-0.39, 0.29) is 0 Å². The molecule has 1 nitrogen and oxygen atoms in total. The van der Waals surface area contributed by atoms with Crippen LogP contribution in [0.2, 0.25) is 0 Å². The maximum absolute atomic E-state index is 11.4. The minimum Gasteiger partial charge on any atom is -0.248 e. The van der Waals surface area contributed by atoms with Gasteiger partial charge in [-0.1, -0.05) is 38.5 Å². The van der Waals surface area contributed by atoms with Crippen LogP contribution in [0.3, 0.4) is 0 Å². The van der Waals surface area contributed by atoms with Crippen molar-refractivity contribution in [1.29, 1.82) is 0 Å². The van der Waals surface area contributed by atoms with Crippen LogP contribution in [-0.4, -0.2) is 15.7 Å². The third-order valence-corrected chi connectivity index (χ3v) is 4.79. The zero-order chi connectivity index (χ0) is 10.3. The Bertz CT molecular complexity index is 144. The Kier molecular flexibility index (Phi) is 8.17. The second-order valence-corrected chi connectivity index (χ2v) is 7.68. The minimum absolute atomic E-state index is 0.640. The molecule has 0 aliphatic heterocycles. The molecule has 0 rings (SSSR count). The molecule has 0 bridgehead atoms. The molecular weight excluding hydrogens is 200 g/mol. The summed E-state index contributed by atoms with van der Waals surface area (Å²) in [6.07, 6.45) is 2.26. The monoisotopic (exact) mass is 222 g/mol. The lowest BCUT2D eigenvalue weighted by Gasteiger charge is -2.05. The van der Waals surface area contributed by atoms with Crippen molar-refractivity contribution in [2.24, 2.45) is 11.8 Å². The molecule has 1 unspecified atom stereocenters. The van der Waals surface area contributed by atoms with Gasteiger partial charge in [-0.2, -0.15) is 0 Å². The Balaban J connectivity index is 3.30. The molecule has 0 fully saturated rings. The SMILES string of the molecule is CC(C)CCSS(=O)CCC(C)C. The van der Waals surface area contributed by atoms with E-state index in [9.17, 15) is 4.21 Å². The van der Waals surface area contributed by atoms with E-state index in [1.165, 1.54) is 6.42 Å². The second kappa shape index (κ2) is 7.86. The van der Waals surface area contributed by atoms with Crippen LogP contribution in [0.25, 0.3) is 0 Å². The highest BCUT2D eigenvalue weighted by Crippen LogP contribution is 2.15. The summed E-state index contributed by atoms with van der Waals surface area (Å²) < 4.78 is 11.4. The predicted octanol–water partition coefficient (Wildman–Crippen LogP) is 3.48. The Hall–Kier alpha value is 0.500. The van der Waals surface area contributed by atoms with Gasteiger partial charge in [-0.15, -0.1) is 0 Å². The molecule has 0 radical (unpaired) electrons. The molecule has 0 N–H and O–H groups in total. The summed E-state index contributed by atoms with van der Waals surface area (Å²) in [7, 11) is 0.979. The summed E-state index contributed by atoms with van der Waals surface area (Å²) in [6, 6.07) is 0. The zero-order valence-corrected chi connectivity index (χ0v) is 10.8. The van der Waals surface area contributed by atoms with Crippen LogP contribution in [0.4, 0.5) is 0 Å². The lowest BCUT2D eigenvalue weighted by Crippen LogP contribution is -1.99. The van der Waals surface area contributed by atoms with E-state index >= 15 is 0 Å². The maximum Gasteiger partial charge on any atom is 0.0803 e. The lowest BCUT2D eigenvalue weighted by atomic mass is 10.2. The standard InChI is InChI=1S/C10H22OS2/c1-9(2)5-7-12-13(11)8-6-10(3)4/h9-10H,5-8H2,1-4H3. The van der Waals surface area contributed by atoms with Crippen molar-refractivity contribution >= 4 is 20.6 Å². The van der Waals surface area contributed by atoms with Crippen LogP contribution >= 0.6 is 10.8 Å². The molecule has 0 aliphatic carbocycles. The molecule has 1 atom stereocenters. The van der Waals surface area contributed by atoms with E-state index in [0.717, 1.165) is 23.8 Å². The maximum atomic E-state index is 11.4. The van der Waals surface area contributed by atoms with Crippen LogP contribution in [0.1, 0.15) is 40.5 Å². The predicted molar refractivity (Wildman–Crippen MR) is 64.4 cm³/mol. The average molecular weight is 222 g/mol. The van der Waals surface area contributed by atoms with Crippen molar-refractivity contribution in [2.75, 3.05) is 11.5 Å². The highest BCUT2D eigenvalue weighted by Gasteiger charge is 2.03. The zero-order valence-electron chi connectivity index (χ0n) is 9.21. The van der Waals surface area contributed by atoms with Gasteiger partial charge in [-0.05, 0) is 24.7 Å². The minimum atomic E-state index is -0.640. The summed E-state index contributed by atoms with van der Waals surface area (Å²) >= 11 is 0. The molecule has 0 aromatic carbocycles. The van der Waals surface area contributed by atoms with Gasteiger partial charge in [0.1, 0.15) is 0 Å². The highest BCUT2D eigenvalue weighted by atomic mass is 33.1. The van der Waals surface area contributed by atoms with Gasteiger partial charge in [0.25, 0.3) is 0 Å². The molecule has 0 amide bonds. The summed E-state index contributed by atoms with van der Waals surface area (Å²) in [6.45, 7) is 8.77. The highest BCUT2D eigenvalue weighted by molar-refractivity contribution is 8.69. The molecular formula is C10H22OS2. The number of rotatable bonds is 7. The van der Waals surface area contributed by atoms with Crippen LogP contribution in [-0.2, 0) is 9.83 Å². The molecule has 3 heteroatoms. The quantitative estimate of drug-likeness (QED) is 0.614. The first kappa shape index (κ1) is 13.5. The number of hydrogen-bond donors (Lipinski definition) is 0. The topological polar surface area (TPSA) is 17.1 Å². The van der Waals surface area contributed by atoms with E-state index in [4.69, 9.17) is 0 Å².